The predicted molar refractivity (Wildman–Crippen MR) is 107 cm³/mol. The molecule has 3 aromatic carbocycles. The van der Waals surface area contributed by atoms with Gasteiger partial charge >= 0.3 is 0 Å². The molecule has 0 spiro atoms. The van der Waals surface area contributed by atoms with Crippen LogP contribution in [0.3, 0.4) is 0 Å². The lowest BCUT2D eigenvalue weighted by atomic mass is 9.86. The lowest BCUT2D eigenvalue weighted by Crippen LogP contribution is -2.30. The average Bonchev–Trinajstić information content (AvgIpc) is 3.33. The molecule has 1 amide bonds. The minimum absolute atomic E-state index is 0.0484. The molecule has 2 heterocycles. The Kier molecular flexibility index (Phi) is 4.17. The molecule has 2 unspecified atom stereocenters. The summed E-state index contributed by atoms with van der Waals surface area (Å²) < 4.78 is 28.9. The van der Waals surface area contributed by atoms with Gasteiger partial charge in [-0.2, -0.15) is 0 Å². The van der Waals surface area contributed by atoms with Crippen molar-refractivity contribution in [1.82, 2.24) is 9.97 Å². The van der Waals surface area contributed by atoms with Crippen LogP contribution >= 0.6 is 0 Å². The van der Waals surface area contributed by atoms with E-state index in [2.05, 4.69) is 9.97 Å². The van der Waals surface area contributed by atoms with Gasteiger partial charge in [-0.25, -0.2) is 13.8 Å². The van der Waals surface area contributed by atoms with E-state index < -0.39 is 35.3 Å². The number of Topliss-reactive ketones (excluding diaryl/α,β-unsaturated/α-hetero) is 1. The van der Waals surface area contributed by atoms with Gasteiger partial charge in [-0.3, -0.25) is 14.5 Å². The number of imidazole rings is 1. The number of nitrogens with one attached hydrogen (secondary N) is 1. The number of nitrogens with zero attached hydrogens (tertiary/aromatic N) is 2. The molecule has 30 heavy (non-hydrogen) atoms. The molecule has 0 radical (unpaired) electrons. The maximum Gasteiger partial charge on any atom is 0.295 e. The molecule has 0 aliphatic carbocycles. The van der Waals surface area contributed by atoms with E-state index in [1.165, 1.54) is 23.4 Å². The Hall–Kier alpha value is -3.87. The lowest BCUT2D eigenvalue weighted by Gasteiger charge is -2.28. The van der Waals surface area contributed by atoms with E-state index >= 15 is 0 Å². The Labute approximate surface area is 170 Å². The number of benzene rings is 3. The van der Waals surface area contributed by atoms with Crippen molar-refractivity contribution in [2.24, 2.45) is 0 Å². The number of aromatic nitrogens is 2. The smallest absolute Gasteiger partial charge is 0.295 e. The van der Waals surface area contributed by atoms with Gasteiger partial charge in [0.15, 0.2) is 11.6 Å². The molecule has 2 atom stereocenters. The van der Waals surface area contributed by atoms with Gasteiger partial charge in [0, 0.05) is 11.3 Å². The van der Waals surface area contributed by atoms with Crippen molar-refractivity contribution in [1.29, 1.82) is 0 Å². The fourth-order valence-electron chi connectivity index (χ4n) is 4.08. The number of anilines is 1. The zero-order valence-corrected chi connectivity index (χ0v) is 15.5. The highest BCUT2D eigenvalue weighted by molar-refractivity contribution is 6.46. The minimum atomic E-state index is -1.07. The summed E-state index contributed by atoms with van der Waals surface area (Å²) in [7, 11) is 0. The summed E-state index contributed by atoms with van der Waals surface area (Å²) in [6.07, 6.45) is 1.52. The number of aromatic amines is 1. The molecule has 0 saturated carbocycles. The standard InChI is InChI=1S/C23H15F2N3O2/c24-16-8-4-7-15(20(16)25)21-19(13-5-2-1-3-6-13)22(29)23(30)28(21)14-9-10-17-18(11-14)27-12-26-17/h1-12,19,21H,(H,26,27). The maximum atomic E-state index is 14.8. The molecule has 4 aromatic rings. The predicted octanol–water partition coefficient (Wildman–Crippen LogP) is 4.28. The second-order valence-corrected chi connectivity index (χ2v) is 7.12. The van der Waals surface area contributed by atoms with E-state index in [1.807, 2.05) is 0 Å². The van der Waals surface area contributed by atoms with E-state index in [0.717, 1.165) is 6.07 Å². The van der Waals surface area contributed by atoms with Gasteiger partial charge in [-0.15, -0.1) is 0 Å². The first-order valence-electron chi connectivity index (χ1n) is 9.35. The van der Waals surface area contributed by atoms with Crippen LogP contribution < -0.4 is 4.90 Å². The number of carbonyl (C=O) groups excluding carboxylic acids is 2. The van der Waals surface area contributed by atoms with E-state index in [1.54, 1.807) is 48.5 Å². The third-order valence-corrected chi connectivity index (χ3v) is 5.45. The lowest BCUT2D eigenvalue weighted by molar-refractivity contribution is -0.134. The molecule has 7 heteroatoms. The molecular weight excluding hydrogens is 388 g/mol. The zero-order chi connectivity index (χ0) is 20.8. The number of halogens is 2. The van der Waals surface area contributed by atoms with Crippen molar-refractivity contribution >= 4 is 28.4 Å². The Morgan fingerprint density at radius 1 is 0.933 bits per heavy atom. The number of H-pyrrole nitrogens is 1. The SMILES string of the molecule is O=C1C(=O)N(c2ccc3nc[nH]c3c2)C(c2cccc(F)c2F)C1c1ccccc1. The number of hydrogen-bond acceptors (Lipinski definition) is 3. The summed E-state index contributed by atoms with van der Waals surface area (Å²) in [4.78, 5) is 34.5. The molecule has 1 aliphatic rings. The van der Waals surface area contributed by atoms with E-state index in [9.17, 15) is 18.4 Å². The van der Waals surface area contributed by atoms with Gasteiger partial charge in [0.05, 0.1) is 29.3 Å². The summed E-state index contributed by atoms with van der Waals surface area (Å²) in [5, 5.41) is 0. The van der Waals surface area contributed by atoms with Crippen molar-refractivity contribution in [3.8, 4) is 0 Å². The van der Waals surface area contributed by atoms with Crippen LogP contribution in [0.15, 0.2) is 73.1 Å². The monoisotopic (exact) mass is 403 g/mol. The number of hydrogen-bond donors (Lipinski definition) is 1. The van der Waals surface area contributed by atoms with E-state index in [0.29, 0.717) is 22.3 Å². The molecule has 0 bridgehead atoms. The van der Waals surface area contributed by atoms with Gasteiger partial charge in [-0.1, -0.05) is 42.5 Å². The summed E-state index contributed by atoms with van der Waals surface area (Å²) in [5.74, 6) is -4.50. The summed E-state index contributed by atoms with van der Waals surface area (Å²) in [6.45, 7) is 0. The molecule has 1 aromatic heterocycles. The third kappa shape index (κ3) is 2.70. The molecule has 5 nitrogen and oxygen atoms in total. The number of amides is 1. The Morgan fingerprint density at radius 3 is 2.53 bits per heavy atom. The molecule has 1 aliphatic heterocycles. The second kappa shape index (κ2) is 6.88. The number of carbonyl (C=O) groups is 2. The van der Waals surface area contributed by atoms with Gasteiger partial charge in [0.25, 0.3) is 5.91 Å². The number of rotatable bonds is 3. The molecule has 1 N–H and O–H groups in total. The first-order valence-corrected chi connectivity index (χ1v) is 9.35. The summed E-state index contributed by atoms with van der Waals surface area (Å²) in [6, 6.07) is 16.5. The van der Waals surface area contributed by atoms with E-state index in [-0.39, 0.29) is 5.56 Å². The van der Waals surface area contributed by atoms with Crippen LogP contribution in [0, 0.1) is 11.6 Å². The van der Waals surface area contributed by atoms with Crippen molar-refractivity contribution < 1.29 is 18.4 Å². The molecule has 1 saturated heterocycles. The van der Waals surface area contributed by atoms with Crippen molar-refractivity contribution in [3.05, 3.63) is 95.8 Å². The van der Waals surface area contributed by atoms with Crippen LogP contribution in [0.25, 0.3) is 11.0 Å². The Balaban J connectivity index is 1.74. The van der Waals surface area contributed by atoms with E-state index in [4.69, 9.17) is 0 Å². The molecule has 1 fully saturated rings. The normalized spacial score (nSPS) is 19.1. The second-order valence-electron chi connectivity index (χ2n) is 7.12. The fraction of sp³-hybridized carbons (Fsp3) is 0.0870. The van der Waals surface area contributed by atoms with Crippen molar-refractivity contribution in [3.63, 3.8) is 0 Å². The molecule has 148 valence electrons. The highest BCUT2D eigenvalue weighted by Gasteiger charge is 2.50. The highest BCUT2D eigenvalue weighted by Crippen LogP contribution is 2.46. The van der Waals surface area contributed by atoms with Crippen LogP contribution in [-0.2, 0) is 9.59 Å². The Bertz CT molecular complexity index is 1290. The van der Waals surface area contributed by atoms with Gasteiger partial charge < -0.3 is 4.98 Å². The van der Waals surface area contributed by atoms with Crippen LogP contribution in [0.5, 0.6) is 0 Å². The first-order chi connectivity index (χ1) is 14.6. The molecule has 5 rings (SSSR count). The van der Waals surface area contributed by atoms with Gasteiger partial charge in [0.1, 0.15) is 0 Å². The quantitative estimate of drug-likeness (QED) is 0.519. The molecular formula is C23H15F2N3O2. The minimum Gasteiger partial charge on any atom is -0.345 e. The maximum absolute atomic E-state index is 14.8. The third-order valence-electron chi connectivity index (χ3n) is 5.45. The van der Waals surface area contributed by atoms with Gasteiger partial charge in [0.2, 0.25) is 5.78 Å². The van der Waals surface area contributed by atoms with Crippen LogP contribution in [0.2, 0.25) is 0 Å². The Morgan fingerprint density at radius 2 is 1.73 bits per heavy atom. The first kappa shape index (κ1) is 18.2. The summed E-state index contributed by atoms with van der Waals surface area (Å²) >= 11 is 0. The van der Waals surface area contributed by atoms with Gasteiger partial charge in [-0.05, 0) is 29.8 Å². The largest absolute Gasteiger partial charge is 0.345 e. The topological polar surface area (TPSA) is 66.1 Å². The number of fused-ring (bicyclic) bond motifs is 1. The summed E-state index contributed by atoms with van der Waals surface area (Å²) in [5.41, 5.74) is 2.26. The van der Waals surface area contributed by atoms with Crippen LogP contribution in [-0.4, -0.2) is 21.7 Å². The van der Waals surface area contributed by atoms with Crippen molar-refractivity contribution in [2.75, 3.05) is 4.90 Å². The fourth-order valence-corrected chi connectivity index (χ4v) is 4.08. The number of ketones is 1. The van der Waals surface area contributed by atoms with Crippen LogP contribution in [0.4, 0.5) is 14.5 Å². The average molecular weight is 403 g/mol. The van der Waals surface area contributed by atoms with Crippen LogP contribution in [0.1, 0.15) is 23.1 Å². The van der Waals surface area contributed by atoms with Crippen molar-refractivity contribution in [2.45, 2.75) is 12.0 Å². The highest BCUT2D eigenvalue weighted by atomic mass is 19.2. The zero-order valence-electron chi connectivity index (χ0n) is 15.5.